The molecule has 0 unspecified atom stereocenters. The number of carbonyl (C=O) groups excluding carboxylic acids is 1. The monoisotopic (exact) mass is 319 g/mol. The molecule has 4 rings (SSSR count). The first-order valence-electron chi connectivity index (χ1n) is 8.76. The molecule has 1 spiro atoms. The van der Waals surface area contributed by atoms with Crippen LogP contribution in [0.1, 0.15) is 48.4 Å². The maximum Gasteiger partial charge on any atom is 0.276 e. The average Bonchev–Trinajstić information content (AvgIpc) is 3.22. The van der Waals surface area contributed by atoms with Crippen LogP contribution in [0.15, 0.2) is 10.6 Å². The Balaban J connectivity index is 1.43. The van der Waals surface area contributed by atoms with Crippen molar-refractivity contribution >= 4 is 5.91 Å². The molecule has 3 saturated heterocycles. The van der Waals surface area contributed by atoms with Gasteiger partial charge in [0, 0.05) is 44.4 Å². The summed E-state index contributed by atoms with van der Waals surface area (Å²) in [4.78, 5) is 17.2. The van der Waals surface area contributed by atoms with Crippen LogP contribution in [0.25, 0.3) is 0 Å². The molecule has 126 valence electrons. The molecule has 0 radical (unpaired) electrons. The summed E-state index contributed by atoms with van der Waals surface area (Å²) in [6.07, 6.45) is 6.17. The van der Waals surface area contributed by atoms with E-state index in [0.29, 0.717) is 17.6 Å². The van der Waals surface area contributed by atoms with Gasteiger partial charge in [0.25, 0.3) is 5.91 Å². The largest absolute Gasteiger partial charge is 0.377 e. The maximum atomic E-state index is 12.7. The number of rotatable bonds is 3. The number of nitrogens with zero attached hydrogens (tertiary/aromatic N) is 3. The van der Waals surface area contributed by atoms with Gasteiger partial charge >= 0.3 is 0 Å². The molecule has 6 heteroatoms. The van der Waals surface area contributed by atoms with E-state index in [1.54, 1.807) is 6.07 Å². The first-order chi connectivity index (χ1) is 11.2. The van der Waals surface area contributed by atoms with Gasteiger partial charge in [-0.1, -0.05) is 5.16 Å². The highest BCUT2D eigenvalue weighted by Gasteiger charge is 2.48. The van der Waals surface area contributed by atoms with Crippen LogP contribution in [0.2, 0.25) is 0 Å². The van der Waals surface area contributed by atoms with Crippen molar-refractivity contribution in [3.05, 3.63) is 17.5 Å². The van der Waals surface area contributed by atoms with Crippen molar-refractivity contribution in [2.24, 2.45) is 0 Å². The summed E-state index contributed by atoms with van der Waals surface area (Å²) in [5.41, 5.74) is 0.600. The summed E-state index contributed by atoms with van der Waals surface area (Å²) < 4.78 is 10.8. The number of aryl methyl sites for hydroxylation is 1. The summed E-state index contributed by atoms with van der Waals surface area (Å²) in [6.45, 7) is 6.50. The molecule has 6 nitrogen and oxygen atoms in total. The van der Waals surface area contributed by atoms with Crippen LogP contribution in [0.5, 0.6) is 0 Å². The first kappa shape index (κ1) is 15.1. The molecule has 2 atom stereocenters. The number of aromatic nitrogens is 1. The van der Waals surface area contributed by atoms with E-state index >= 15 is 0 Å². The lowest BCUT2D eigenvalue weighted by Crippen LogP contribution is -2.68. The molecule has 1 amide bonds. The second kappa shape index (κ2) is 5.91. The number of hydrogen-bond acceptors (Lipinski definition) is 5. The van der Waals surface area contributed by atoms with E-state index in [1.807, 2.05) is 11.8 Å². The number of carbonyl (C=O) groups is 1. The Bertz CT molecular complexity index is 581. The summed E-state index contributed by atoms with van der Waals surface area (Å²) in [7, 11) is 0. The Morgan fingerprint density at radius 2 is 2.30 bits per heavy atom. The molecule has 3 fully saturated rings. The molecule has 0 bridgehead atoms. The highest BCUT2D eigenvalue weighted by atomic mass is 16.5. The van der Waals surface area contributed by atoms with Gasteiger partial charge < -0.3 is 14.2 Å². The van der Waals surface area contributed by atoms with Gasteiger partial charge in [-0.05, 0) is 39.0 Å². The number of hydrogen-bond donors (Lipinski definition) is 0. The lowest BCUT2D eigenvalue weighted by atomic mass is 9.77. The van der Waals surface area contributed by atoms with Gasteiger partial charge in [-0.15, -0.1) is 0 Å². The summed E-state index contributed by atoms with van der Waals surface area (Å²) in [6, 6.07) is 1.73. The molecule has 23 heavy (non-hydrogen) atoms. The number of amides is 1. The molecule has 0 aromatic carbocycles. The summed E-state index contributed by atoms with van der Waals surface area (Å²) in [5.74, 6) is 0.689. The minimum atomic E-state index is 0.00453. The third kappa shape index (κ3) is 2.78. The predicted octanol–water partition coefficient (Wildman–Crippen LogP) is 1.84. The molecular weight excluding hydrogens is 294 g/mol. The van der Waals surface area contributed by atoms with Crippen LogP contribution < -0.4 is 0 Å². The molecule has 4 heterocycles. The van der Waals surface area contributed by atoms with Crippen molar-refractivity contribution < 1.29 is 14.1 Å². The highest BCUT2D eigenvalue weighted by Crippen LogP contribution is 2.39. The molecule has 3 aliphatic heterocycles. The Kier molecular flexibility index (Phi) is 3.89. The smallest absolute Gasteiger partial charge is 0.276 e. The van der Waals surface area contributed by atoms with Crippen molar-refractivity contribution in [2.75, 3.05) is 32.8 Å². The molecule has 0 aliphatic carbocycles. The van der Waals surface area contributed by atoms with Gasteiger partial charge in [-0.3, -0.25) is 9.69 Å². The zero-order chi connectivity index (χ0) is 15.9. The fourth-order valence-corrected chi connectivity index (χ4v) is 4.28. The summed E-state index contributed by atoms with van der Waals surface area (Å²) in [5, 5.41) is 3.88. The Labute approximate surface area is 136 Å². The van der Waals surface area contributed by atoms with E-state index < -0.39 is 0 Å². The van der Waals surface area contributed by atoms with Gasteiger partial charge in [0.15, 0.2) is 5.69 Å². The van der Waals surface area contributed by atoms with Crippen LogP contribution in [-0.2, 0) is 4.74 Å². The van der Waals surface area contributed by atoms with Crippen LogP contribution >= 0.6 is 0 Å². The van der Waals surface area contributed by atoms with Crippen molar-refractivity contribution in [3.63, 3.8) is 0 Å². The van der Waals surface area contributed by atoms with Gasteiger partial charge in [0.2, 0.25) is 0 Å². The minimum absolute atomic E-state index is 0.00453. The van der Waals surface area contributed by atoms with E-state index in [1.165, 1.54) is 25.7 Å². The van der Waals surface area contributed by atoms with E-state index in [9.17, 15) is 4.79 Å². The lowest BCUT2D eigenvalue weighted by molar-refractivity contribution is -0.0807. The van der Waals surface area contributed by atoms with Crippen LogP contribution in [0.3, 0.4) is 0 Å². The molecule has 1 aromatic rings. The number of ether oxygens (including phenoxy) is 1. The van der Waals surface area contributed by atoms with Crippen molar-refractivity contribution in [2.45, 2.75) is 50.7 Å². The third-order valence-corrected chi connectivity index (χ3v) is 5.66. The first-order valence-corrected chi connectivity index (χ1v) is 8.76. The van der Waals surface area contributed by atoms with Crippen LogP contribution in [0, 0.1) is 6.92 Å². The normalized spacial score (nSPS) is 31.5. The van der Waals surface area contributed by atoms with Crippen LogP contribution in [-0.4, -0.2) is 65.3 Å². The Hall–Kier alpha value is -1.40. The minimum Gasteiger partial charge on any atom is -0.377 e. The van der Waals surface area contributed by atoms with Gasteiger partial charge in [0.1, 0.15) is 5.76 Å². The van der Waals surface area contributed by atoms with E-state index in [4.69, 9.17) is 9.26 Å². The standard InChI is InChI=1S/C17H25N3O3/c1-13-10-15(18-23-13)16(21)19-7-3-5-17(12-19)6-8-20(17)11-14-4-2-9-22-14/h10,14H,2-9,11-12H2,1H3/t14-,17+/m0/s1. The molecule has 0 saturated carbocycles. The average molecular weight is 319 g/mol. The van der Waals surface area contributed by atoms with Gasteiger partial charge in [-0.25, -0.2) is 0 Å². The maximum absolute atomic E-state index is 12.7. The second-order valence-electron chi connectivity index (χ2n) is 7.21. The molecule has 3 aliphatic rings. The van der Waals surface area contributed by atoms with Gasteiger partial charge in [-0.2, -0.15) is 0 Å². The fourth-order valence-electron chi connectivity index (χ4n) is 4.28. The highest BCUT2D eigenvalue weighted by molar-refractivity contribution is 5.92. The fraction of sp³-hybridized carbons (Fsp3) is 0.765. The second-order valence-corrected chi connectivity index (χ2v) is 7.21. The predicted molar refractivity (Wildman–Crippen MR) is 84.3 cm³/mol. The zero-order valence-electron chi connectivity index (χ0n) is 13.8. The van der Waals surface area contributed by atoms with Crippen LogP contribution in [0.4, 0.5) is 0 Å². The molecule has 1 aromatic heterocycles. The third-order valence-electron chi connectivity index (χ3n) is 5.66. The SMILES string of the molecule is Cc1cc(C(=O)N2CCC[C@@]3(CCN3C[C@@H]3CCCO3)C2)no1. The summed E-state index contributed by atoms with van der Waals surface area (Å²) >= 11 is 0. The molecule has 0 N–H and O–H groups in total. The van der Waals surface area contributed by atoms with Crippen molar-refractivity contribution in [1.29, 1.82) is 0 Å². The number of likely N-dealkylation sites (tertiary alicyclic amines) is 2. The quantitative estimate of drug-likeness (QED) is 0.851. The topological polar surface area (TPSA) is 58.8 Å². The van der Waals surface area contributed by atoms with Crippen molar-refractivity contribution in [3.8, 4) is 0 Å². The van der Waals surface area contributed by atoms with E-state index in [2.05, 4.69) is 10.1 Å². The van der Waals surface area contributed by atoms with Gasteiger partial charge in [0.05, 0.1) is 6.10 Å². The molecular formula is C17H25N3O3. The van der Waals surface area contributed by atoms with Crippen molar-refractivity contribution in [1.82, 2.24) is 15.0 Å². The number of piperidine rings is 1. The Morgan fingerprint density at radius 1 is 1.39 bits per heavy atom. The van der Waals surface area contributed by atoms with E-state index in [0.717, 1.165) is 39.2 Å². The zero-order valence-corrected chi connectivity index (χ0v) is 13.8. The van der Waals surface area contributed by atoms with E-state index in [-0.39, 0.29) is 11.4 Å². The lowest BCUT2D eigenvalue weighted by Gasteiger charge is -2.57. The Morgan fingerprint density at radius 3 is 2.96 bits per heavy atom.